The highest BCUT2D eigenvalue weighted by Gasteiger charge is 2.38. The van der Waals surface area contributed by atoms with E-state index in [1.807, 2.05) is 24.5 Å². The minimum absolute atomic E-state index is 0.0186. The van der Waals surface area contributed by atoms with Crippen molar-refractivity contribution in [3.05, 3.63) is 85.1 Å². The van der Waals surface area contributed by atoms with E-state index in [4.69, 9.17) is 46.4 Å². The summed E-state index contributed by atoms with van der Waals surface area (Å²) in [5, 5.41) is 3.13. The standard InChI is InChI=1S/C23H15Cl4N3O3/c1-11-9-13(12(2)29(11)17-7-3-5-15(24)19(17)26)10-14-21(31)28-23(33)30(22(14)32)18-8-4-6-16(25)20(18)27/h3-10H,1-2H3,(H,28,31,33)/b14-10+. The topological polar surface area (TPSA) is 71.4 Å². The number of halogens is 4. The minimum Gasteiger partial charge on any atom is -0.316 e. The lowest BCUT2D eigenvalue weighted by Gasteiger charge is -2.27. The number of carbonyl (C=O) groups is 3. The first-order valence-corrected chi connectivity index (χ1v) is 11.1. The molecule has 3 aromatic rings. The van der Waals surface area contributed by atoms with Gasteiger partial charge < -0.3 is 4.57 Å². The van der Waals surface area contributed by atoms with E-state index in [0.29, 0.717) is 27.0 Å². The number of urea groups is 1. The number of nitrogens with zero attached hydrogens (tertiary/aromatic N) is 2. The molecule has 0 spiro atoms. The summed E-state index contributed by atoms with van der Waals surface area (Å²) in [6.45, 7) is 3.68. The minimum atomic E-state index is -0.914. The molecule has 0 radical (unpaired) electrons. The number of barbiturate groups is 1. The molecule has 1 aliphatic heterocycles. The summed E-state index contributed by atoms with van der Waals surface area (Å²) in [4.78, 5) is 39.0. The van der Waals surface area contributed by atoms with Gasteiger partial charge in [0.05, 0.1) is 31.5 Å². The zero-order chi connectivity index (χ0) is 24.0. The Morgan fingerprint density at radius 2 is 1.42 bits per heavy atom. The Kier molecular flexibility index (Phi) is 6.29. The van der Waals surface area contributed by atoms with Crippen LogP contribution in [0.4, 0.5) is 10.5 Å². The lowest BCUT2D eigenvalue weighted by Crippen LogP contribution is -2.54. The number of nitrogens with one attached hydrogen (secondary N) is 1. The van der Waals surface area contributed by atoms with E-state index in [0.717, 1.165) is 10.6 Å². The van der Waals surface area contributed by atoms with E-state index in [9.17, 15) is 14.4 Å². The molecule has 33 heavy (non-hydrogen) atoms. The van der Waals surface area contributed by atoms with Crippen LogP contribution < -0.4 is 10.2 Å². The van der Waals surface area contributed by atoms with E-state index in [1.165, 1.54) is 18.2 Å². The number of rotatable bonds is 3. The molecular formula is C23H15Cl4N3O3. The van der Waals surface area contributed by atoms with Gasteiger partial charge in [-0.15, -0.1) is 0 Å². The molecule has 1 aromatic heterocycles. The van der Waals surface area contributed by atoms with Crippen molar-refractivity contribution in [2.75, 3.05) is 4.90 Å². The molecule has 1 saturated heterocycles. The Labute approximate surface area is 209 Å². The Balaban J connectivity index is 1.81. The number of benzene rings is 2. The van der Waals surface area contributed by atoms with E-state index in [2.05, 4.69) is 5.32 Å². The highest BCUT2D eigenvalue weighted by molar-refractivity contribution is 6.46. The molecule has 1 N–H and O–H groups in total. The maximum Gasteiger partial charge on any atom is 0.336 e. The number of amides is 4. The lowest BCUT2D eigenvalue weighted by molar-refractivity contribution is -0.122. The highest BCUT2D eigenvalue weighted by atomic mass is 35.5. The van der Waals surface area contributed by atoms with Crippen molar-refractivity contribution in [3.63, 3.8) is 0 Å². The summed E-state index contributed by atoms with van der Waals surface area (Å²) >= 11 is 24.8. The highest BCUT2D eigenvalue weighted by Crippen LogP contribution is 2.35. The molecular weight excluding hydrogens is 508 g/mol. The Morgan fingerprint density at radius 3 is 2.06 bits per heavy atom. The molecule has 0 saturated carbocycles. The maximum atomic E-state index is 13.2. The Bertz CT molecular complexity index is 1380. The van der Waals surface area contributed by atoms with E-state index >= 15 is 0 Å². The molecule has 4 amide bonds. The predicted octanol–water partition coefficient (Wildman–Crippen LogP) is 6.37. The number of imide groups is 2. The molecule has 0 bridgehead atoms. The van der Waals surface area contributed by atoms with Crippen LogP contribution in [-0.2, 0) is 9.59 Å². The fourth-order valence-corrected chi connectivity index (χ4v) is 4.43. The van der Waals surface area contributed by atoms with Crippen molar-refractivity contribution in [2.24, 2.45) is 0 Å². The SMILES string of the molecule is Cc1cc(/C=C2\C(=O)NC(=O)N(c3cccc(Cl)c3Cl)C2=O)c(C)n1-c1cccc(Cl)c1Cl. The van der Waals surface area contributed by atoms with Crippen LogP contribution in [0.5, 0.6) is 0 Å². The molecule has 2 heterocycles. The van der Waals surface area contributed by atoms with Crippen molar-refractivity contribution in [3.8, 4) is 5.69 Å². The quantitative estimate of drug-likeness (QED) is 0.320. The number of aromatic nitrogens is 1. The van der Waals surface area contributed by atoms with E-state index < -0.39 is 17.8 Å². The average Bonchev–Trinajstić information content (AvgIpc) is 3.03. The number of aryl methyl sites for hydroxylation is 1. The predicted molar refractivity (Wildman–Crippen MR) is 131 cm³/mol. The summed E-state index contributed by atoms with van der Waals surface area (Å²) < 4.78 is 1.86. The van der Waals surface area contributed by atoms with Gasteiger partial charge in [-0.3, -0.25) is 14.9 Å². The van der Waals surface area contributed by atoms with Gasteiger partial charge in [-0.2, -0.15) is 0 Å². The van der Waals surface area contributed by atoms with Crippen LogP contribution in [0.3, 0.4) is 0 Å². The summed E-state index contributed by atoms with van der Waals surface area (Å²) in [5.74, 6) is -1.64. The molecule has 0 atom stereocenters. The van der Waals surface area contributed by atoms with Crippen molar-refractivity contribution in [1.29, 1.82) is 0 Å². The van der Waals surface area contributed by atoms with Gasteiger partial charge in [0, 0.05) is 11.4 Å². The van der Waals surface area contributed by atoms with Crippen molar-refractivity contribution >= 4 is 76.0 Å². The molecule has 168 valence electrons. The lowest BCUT2D eigenvalue weighted by atomic mass is 10.1. The summed E-state index contributed by atoms with van der Waals surface area (Å²) in [7, 11) is 0. The molecule has 2 aromatic carbocycles. The molecule has 0 aliphatic carbocycles. The first-order chi connectivity index (χ1) is 15.6. The van der Waals surface area contributed by atoms with Crippen LogP contribution in [0.1, 0.15) is 17.0 Å². The van der Waals surface area contributed by atoms with E-state index in [-0.39, 0.29) is 21.3 Å². The van der Waals surface area contributed by atoms with Crippen LogP contribution in [0, 0.1) is 13.8 Å². The third-order valence-corrected chi connectivity index (χ3v) is 6.83. The zero-order valence-corrected chi connectivity index (χ0v) is 20.3. The third kappa shape index (κ3) is 4.04. The van der Waals surface area contributed by atoms with Gasteiger partial charge in [-0.05, 0) is 55.8 Å². The second-order valence-electron chi connectivity index (χ2n) is 7.27. The number of hydrogen-bond donors (Lipinski definition) is 1. The van der Waals surface area contributed by atoms with Crippen LogP contribution in [0.15, 0.2) is 48.0 Å². The fraction of sp³-hybridized carbons (Fsp3) is 0.0870. The second kappa shape index (κ2) is 8.88. The van der Waals surface area contributed by atoms with Gasteiger partial charge in [-0.25, -0.2) is 9.69 Å². The van der Waals surface area contributed by atoms with Gasteiger partial charge in [0.2, 0.25) is 0 Å². The van der Waals surface area contributed by atoms with Gasteiger partial charge in [-0.1, -0.05) is 58.5 Å². The van der Waals surface area contributed by atoms with Crippen molar-refractivity contribution < 1.29 is 14.4 Å². The Morgan fingerprint density at radius 1 is 0.848 bits per heavy atom. The van der Waals surface area contributed by atoms with Crippen LogP contribution in [0.25, 0.3) is 11.8 Å². The molecule has 10 heteroatoms. The summed E-state index contributed by atoms with van der Waals surface area (Å²) in [6, 6.07) is 10.7. The molecule has 1 fully saturated rings. The average molecular weight is 523 g/mol. The van der Waals surface area contributed by atoms with Gasteiger partial charge in [0.15, 0.2) is 0 Å². The van der Waals surface area contributed by atoms with Gasteiger partial charge in [0.1, 0.15) is 5.57 Å². The number of anilines is 1. The largest absolute Gasteiger partial charge is 0.336 e. The zero-order valence-electron chi connectivity index (χ0n) is 17.2. The Hall–Kier alpha value is -2.77. The monoisotopic (exact) mass is 521 g/mol. The van der Waals surface area contributed by atoms with E-state index in [1.54, 1.807) is 24.3 Å². The van der Waals surface area contributed by atoms with Crippen molar-refractivity contribution in [1.82, 2.24) is 9.88 Å². The maximum absolute atomic E-state index is 13.2. The van der Waals surface area contributed by atoms with Gasteiger partial charge in [0.25, 0.3) is 11.8 Å². The summed E-state index contributed by atoms with van der Waals surface area (Å²) in [6.07, 6.45) is 1.42. The smallest absolute Gasteiger partial charge is 0.316 e. The second-order valence-corrected chi connectivity index (χ2v) is 8.84. The first-order valence-electron chi connectivity index (χ1n) is 9.60. The van der Waals surface area contributed by atoms with Crippen LogP contribution in [0.2, 0.25) is 20.1 Å². The third-order valence-electron chi connectivity index (χ3n) is 5.22. The molecule has 6 nitrogen and oxygen atoms in total. The summed E-state index contributed by atoms with van der Waals surface area (Å²) in [5.41, 5.74) is 2.61. The normalized spacial score (nSPS) is 15.4. The molecule has 1 aliphatic rings. The van der Waals surface area contributed by atoms with Crippen LogP contribution >= 0.6 is 46.4 Å². The number of carbonyl (C=O) groups excluding carboxylic acids is 3. The fourth-order valence-electron chi connectivity index (χ4n) is 3.67. The number of hydrogen-bond acceptors (Lipinski definition) is 3. The van der Waals surface area contributed by atoms with Crippen molar-refractivity contribution in [2.45, 2.75) is 13.8 Å². The van der Waals surface area contributed by atoms with Crippen LogP contribution in [-0.4, -0.2) is 22.4 Å². The first kappa shape index (κ1) is 23.4. The van der Waals surface area contributed by atoms with Gasteiger partial charge >= 0.3 is 6.03 Å². The molecule has 0 unspecified atom stereocenters. The molecule has 4 rings (SSSR count).